The summed E-state index contributed by atoms with van der Waals surface area (Å²) in [5.74, 6) is -0.314. The fourth-order valence-corrected chi connectivity index (χ4v) is 4.02. The Labute approximate surface area is 154 Å². The number of carbonyl (C=O) groups is 1. The highest BCUT2D eigenvalue weighted by molar-refractivity contribution is 5.83. The molecule has 1 N–H and O–H groups in total. The number of nitrogens with zero attached hydrogens (tertiary/aromatic N) is 1. The summed E-state index contributed by atoms with van der Waals surface area (Å²) in [6.45, 7) is 10.8. The van der Waals surface area contributed by atoms with Gasteiger partial charge in [0.05, 0.1) is 12.7 Å². The third kappa shape index (κ3) is 6.10. The highest BCUT2D eigenvalue weighted by Crippen LogP contribution is 2.41. The van der Waals surface area contributed by atoms with Crippen molar-refractivity contribution in [3.05, 3.63) is 11.6 Å². The van der Waals surface area contributed by atoms with E-state index in [0.29, 0.717) is 13.0 Å². The first-order valence-electron chi connectivity index (χ1n) is 10.4. The van der Waals surface area contributed by atoms with Crippen LogP contribution in [-0.2, 0) is 9.53 Å². The molecule has 1 rings (SSSR count). The number of hydrogen-bond acceptors (Lipinski definition) is 4. The zero-order valence-electron chi connectivity index (χ0n) is 16.9. The maximum absolute atomic E-state index is 12.2. The zero-order valence-corrected chi connectivity index (χ0v) is 16.9. The van der Waals surface area contributed by atoms with Gasteiger partial charge in [0.15, 0.2) is 0 Å². The molecule has 25 heavy (non-hydrogen) atoms. The maximum atomic E-state index is 12.2. The van der Waals surface area contributed by atoms with E-state index in [2.05, 4.69) is 25.7 Å². The van der Waals surface area contributed by atoms with Gasteiger partial charge < -0.3 is 9.84 Å². The first kappa shape index (κ1) is 22.2. The van der Waals surface area contributed by atoms with Crippen LogP contribution in [-0.4, -0.2) is 47.3 Å². The van der Waals surface area contributed by atoms with Gasteiger partial charge in [0.2, 0.25) is 0 Å². The van der Waals surface area contributed by atoms with Gasteiger partial charge in [-0.2, -0.15) is 0 Å². The second kappa shape index (κ2) is 11.7. The Hall–Kier alpha value is -0.870. The predicted molar refractivity (Wildman–Crippen MR) is 104 cm³/mol. The summed E-state index contributed by atoms with van der Waals surface area (Å²) >= 11 is 0. The minimum atomic E-state index is -0.531. The lowest BCUT2D eigenvalue weighted by Gasteiger charge is -2.51. The maximum Gasteiger partial charge on any atom is 0.330 e. The van der Waals surface area contributed by atoms with Crippen LogP contribution in [0, 0.1) is 0 Å². The van der Waals surface area contributed by atoms with Crippen LogP contribution in [0.2, 0.25) is 0 Å². The van der Waals surface area contributed by atoms with E-state index in [1.54, 1.807) is 6.08 Å². The summed E-state index contributed by atoms with van der Waals surface area (Å²) in [4.78, 5) is 14.7. The minimum absolute atomic E-state index is 0.189. The van der Waals surface area contributed by atoms with Crippen molar-refractivity contribution in [2.45, 2.75) is 97.1 Å². The van der Waals surface area contributed by atoms with Crippen LogP contribution in [0.1, 0.15) is 85.5 Å². The Balaban J connectivity index is 3.27. The van der Waals surface area contributed by atoms with Gasteiger partial charge in [-0.3, -0.25) is 4.90 Å². The molecule has 0 saturated carbocycles. The van der Waals surface area contributed by atoms with Gasteiger partial charge in [0.25, 0.3) is 0 Å². The van der Waals surface area contributed by atoms with Crippen LogP contribution in [0.15, 0.2) is 11.6 Å². The molecule has 1 atom stereocenters. The number of unbranched alkanes of at least 4 members (excludes halogenated alkanes) is 3. The number of rotatable bonds is 11. The van der Waals surface area contributed by atoms with E-state index in [1.807, 2.05) is 6.92 Å². The van der Waals surface area contributed by atoms with Crippen LogP contribution in [0.3, 0.4) is 0 Å². The van der Waals surface area contributed by atoms with Gasteiger partial charge in [0.1, 0.15) is 0 Å². The first-order valence-corrected chi connectivity index (χ1v) is 10.4. The average molecular weight is 354 g/mol. The van der Waals surface area contributed by atoms with Gasteiger partial charge in [0, 0.05) is 18.2 Å². The molecule has 1 unspecified atom stereocenters. The summed E-state index contributed by atoms with van der Waals surface area (Å²) in [5.41, 5.74) is 0.709. The van der Waals surface area contributed by atoms with E-state index in [-0.39, 0.29) is 11.5 Å². The average Bonchev–Trinajstić information content (AvgIpc) is 2.60. The molecular formula is C21H39NO3. The summed E-state index contributed by atoms with van der Waals surface area (Å²) in [6, 6.07) is 0. The molecule has 0 aromatic heterocycles. The molecule has 0 bridgehead atoms. The number of piperidine rings is 1. The van der Waals surface area contributed by atoms with E-state index in [9.17, 15) is 9.90 Å². The van der Waals surface area contributed by atoms with E-state index in [0.717, 1.165) is 70.0 Å². The van der Waals surface area contributed by atoms with Gasteiger partial charge in [-0.05, 0) is 44.7 Å². The molecule has 0 aromatic carbocycles. The number of aliphatic hydroxyl groups excluding tert-OH is 1. The minimum Gasteiger partial charge on any atom is -0.463 e. The Morgan fingerprint density at radius 1 is 1.16 bits per heavy atom. The summed E-state index contributed by atoms with van der Waals surface area (Å²) in [6.07, 6.45) is 10.6. The Morgan fingerprint density at radius 3 is 2.28 bits per heavy atom. The van der Waals surface area contributed by atoms with Gasteiger partial charge in [-0.15, -0.1) is 0 Å². The Kier molecular flexibility index (Phi) is 10.4. The van der Waals surface area contributed by atoms with E-state index in [1.165, 1.54) is 0 Å². The van der Waals surface area contributed by atoms with Crippen molar-refractivity contribution in [1.29, 1.82) is 0 Å². The lowest BCUT2D eigenvalue weighted by Crippen LogP contribution is -2.57. The number of ether oxygens (including phenoxy) is 1. The molecule has 1 saturated heterocycles. The van der Waals surface area contributed by atoms with Crippen molar-refractivity contribution in [3.8, 4) is 0 Å². The van der Waals surface area contributed by atoms with Gasteiger partial charge in [-0.1, -0.05) is 52.9 Å². The molecule has 1 aliphatic rings. The SMILES string of the molecule is CCCCN1CCC(O)C(=CC(=O)OCC)C1(CCCC)CCCC. The normalized spacial score (nSPS) is 22.3. The van der Waals surface area contributed by atoms with Crippen molar-refractivity contribution in [2.75, 3.05) is 19.7 Å². The topological polar surface area (TPSA) is 49.8 Å². The number of esters is 1. The summed E-state index contributed by atoms with van der Waals surface area (Å²) < 4.78 is 5.17. The molecule has 0 aliphatic carbocycles. The Morgan fingerprint density at radius 2 is 1.76 bits per heavy atom. The highest BCUT2D eigenvalue weighted by atomic mass is 16.5. The second-order valence-electron chi connectivity index (χ2n) is 7.24. The second-order valence-corrected chi connectivity index (χ2v) is 7.24. The fourth-order valence-electron chi connectivity index (χ4n) is 4.02. The predicted octanol–water partition coefficient (Wildman–Crippen LogP) is 4.46. The van der Waals surface area contributed by atoms with Crippen LogP contribution >= 0.6 is 0 Å². The molecule has 4 nitrogen and oxygen atoms in total. The molecule has 1 heterocycles. The molecule has 1 aliphatic heterocycles. The standard InChI is InChI=1S/C21H39NO3/c1-5-9-13-21(14-10-6-2)18(17-20(24)25-8-4)19(23)12-16-22(21)15-11-7-3/h17,19,23H,5-16H2,1-4H3. The lowest BCUT2D eigenvalue weighted by atomic mass is 9.73. The van der Waals surface area contributed by atoms with E-state index >= 15 is 0 Å². The monoisotopic (exact) mass is 353 g/mol. The van der Waals surface area contributed by atoms with Crippen molar-refractivity contribution < 1.29 is 14.6 Å². The van der Waals surface area contributed by atoms with Crippen molar-refractivity contribution in [2.24, 2.45) is 0 Å². The number of carbonyl (C=O) groups excluding carboxylic acids is 1. The Bertz CT molecular complexity index is 409. The molecule has 0 amide bonds. The summed E-state index contributed by atoms with van der Waals surface area (Å²) in [5, 5.41) is 10.8. The third-order valence-corrected chi connectivity index (χ3v) is 5.40. The van der Waals surface area contributed by atoms with Crippen LogP contribution in [0.5, 0.6) is 0 Å². The molecule has 1 fully saturated rings. The molecule has 0 spiro atoms. The molecule has 4 heteroatoms. The van der Waals surface area contributed by atoms with Crippen molar-refractivity contribution >= 4 is 5.97 Å². The van der Waals surface area contributed by atoms with E-state index < -0.39 is 6.10 Å². The van der Waals surface area contributed by atoms with Crippen LogP contribution < -0.4 is 0 Å². The lowest BCUT2D eigenvalue weighted by molar-refractivity contribution is -0.137. The quantitative estimate of drug-likeness (QED) is 0.440. The number of aliphatic hydroxyl groups is 1. The first-order chi connectivity index (χ1) is 12.1. The fraction of sp³-hybridized carbons (Fsp3) is 0.857. The molecule has 146 valence electrons. The van der Waals surface area contributed by atoms with Gasteiger partial charge in [-0.25, -0.2) is 4.79 Å². The molecular weight excluding hydrogens is 314 g/mol. The van der Waals surface area contributed by atoms with Gasteiger partial charge >= 0.3 is 5.97 Å². The zero-order chi connectivity index (χ0) is 18.7. The van der Waals surface area contributed by atoms with Crippen molar-refractivity contribution in [3.63, 3.8) is 0 Å². The van der Waals surface area contributed by atoms with Crippen LogP contribution in [0.4, 0.5) is 0 Å². The summed E-state index contributed by atoms with van der Waals surface area (Å²) in [7, 11) is 0. The largest absolute Gasteiger partial charge is 0.463 e. The van der Waals surface area contributed by atoms with Crippen molar-refractivity contribution in [1.82, 2.24) is 4.90 Å². The van der Waals surface area contributed by atoms with Crippen LogP contribution in [0.25, 0.3) is 0 Å². The molecule has 0 radical (unpaired) electrons. The van der Waals surface area contributed by atoms with E-state index in [4.69, 9.17) is 4.74 Å². The number of likely N-dealkylation sites (tertiary alicyclic amines) is 1. The third-order valence-electron chi connectivity index (χ3n) is 5.40. The molecule has 0 aromatic rings. The smallest absolute Gasteiger partial charge is 0.330 e. The number of hydrogen-bond donors (Lipinski definition) is 1. The highest BCUT2D eigenvalue weighted by Gasteiger charge is 2.45.